The number of aryl methyl sites for hydroxylation is 1. The first-order valence-electron chi connectivity index (χ1n) is 9.98. The summed E-state index contributed by atoms with van der Waals surface area (Å²) in [4.78, 5) is 23.6. The highest BCUT2D eigenvalue weighted by atomic mass is 16.5. The van der Waals surface area contributed by atoms with Gasteiger partial charge in [-0.15, -0.1) is 0 Å². The first-order valence-corrected chi connectivity index (χ1v) is 9.98. The van der Waals surface area contributed by atoms with Gasteiger partial charge in [0, 0.05) is 12.8 Å². The first-order chi connectivity index (χ1) is 12.5. The van der Waals surface area contributed by atoms with Crippen molar-refractivity contribution in [2.45, 2.75) is 91.1 Å². The molecule has 146 valence electrons. The van der Waals surface area contributed by atoms with Crippen LogP contribution in [0.1, 0.15) is 83.6 Å². The first kappa shape index (κ1) is 22.2. The van der Waals surface area contributed by atoms with Crippen LogP contribution in [0.15, 0.2) is 24.3 Å². The second-order valence-electron chi connectivity index (χ2n) is 7.00. The molecular formula is C22H34O4. The normalized spacial score (nSPS) is 11.8. The maximum atomic E-state index is 11.8. The van der Waals surface area contributed by atoms with Gasteiger partial charge in [-0.25, -0.2) is 0 Å². The lowest BCUT2D eigenvalue weighted by molar-refractivity contribution is -0.148. The predicted molar refractivity (Wildman–Crippen MR) is 104 cm³/mol. The van der Waals surface area contributed by atoms with Crippen LogP contribution in [-0.2, 0) is 14.3 Å². The van der Waals surface area contributed by atoms with Crippen LogP contribution < -0.4 is 4.74 Å². The van der Waals surface area contributed by atoms with Gasteiger partial charge in [-0.3, -0.25) is 9.59 Å². The van der Waals surface area contributed by atoms with Crippen LogP contribution in [-0.4, -0.2) is 18.0 Å². The Morgan fingerprint density at radius 1 is 0.962 bits per heavy atom. The van der Waals surface area contributed by atoms with E-state index in [0.717, 1.165) is 18.4 Å². The molecule has 0 radical (unpaired) electrons. The third kappa shape index (κ3) is 10.9. The molecule has 0 N–H and O–H groups in total. The molecule has 1 aromatic carbocycles. The fourth-order valence-corrected chi connectivity index (χ4v) is 2.79. The molecule has 0 bridgehead atoms. The van der Waals surface area contributed by atoms with Crippen LogP contribution in [0.4, 0.5) is 0 Å². The average molecular weight is 363 g/mol. The number of benzene rings is 1. The molecule has 1 aromatic rings. The molecule has 1 atom stereocenters. The topological polar surface area (TPSA) is 52.6 Å². The maximum Gasteiger partial charge on any atom is 0.311 e. The minimum atomic E-state index is -0.316. The third-order valence-corrected chi connectivity index (χ3v) is 4.28. The van der Waals surface area contributed by atoms with Crippen LogP contribution in [0.5, 0.6) is 5.75 Å². The standard InChI is InChI=1S/C22H34O4/c1-4-5-6-7-8-9-13-19(3)25-21(23)15-11-16-22(24)26-20-14-10-12-18(2)17-20/h10,12,14,17,19H,4-9,11,13,15-16H2,1-3H3. The van der Waals surface area contributed by atoms with Gasteiger partial charge in [0.2, 0.25) is 0 Å². The quantitative estimate of drug-likeness (QED) is 0.254. The summed E-state index contributed by atoms with van der Waals surface area (Å²) in [5.74, 6) is 0.000465. The highest BCUT2D eigenvalue weighted by Gasteiger charge is 2.11. The largest absolute Gasteiger partial charge is 0.463 e. The molecule has 0 saturated carbocycles. The van der Waals surface area contributed by atoms with E-state index in [1.807, 2.05) is 32.0 Å². The Morgan fingerprint density at radius 3 is 2.38 bits per heavy atom. The van der Waals surface area contributed by atoms with Gasteiger partial charge in [0.25, 0.3) is 0 Å². The van der Waals surface area contributed by atoms with Crippen molar-refractivity contribution in [2.24, 2.45) is 0 Å². The summed E-state index contributed by atoms with van der Waals surface area (Å²) < 4.78 is 10.7. The summed E-state index contributed by atoms with van der Waals surface area (Å²) in [6, 6.07) is 7.36. The third-order valence-electron chi connectivity index (χ3n) is 4.28. The summed E-state index contributed by atoms with van der Waals surface area (Å²) in [7, 11) is 0. The molecular weight excluding hydrogens is 328 g/mol. The lowest BCUT2D eigenvalue weighted by Gasteiger charge is -2.13. The van der Waals surface area contributed by atoms with Crippen molar-refractivity contribution in [3.8, 4) is 5.75 Å². The summed E-state index contributed by atoms with van der Waals surface area (Å²) in [5, 5.41) is 0. The van der Waals surface area contributed by atoms with Crippen molar-refractivity contribution in [3.63, 3.8) is 0 Å². The van der Waals surface area contributed by atoms with Gasteiger partial charge in [0.05, 0.1) is 6.10 Å². The van der Waals surface area contributed by atoms with Crippen LogP contribution in [0.25, 0.3) is 0 Å². The number of hydrogen-bond acceptors (Lipinski definition) is 4. The van der Waals surface area contributed by atoms with E-state index >= 15 is 0 Å². The molecule has 0 aliphatic carbocycles. The van der Waals surface area contributed by atoms with Crippen molar-refractivity contribution in [3.05, 3.63) is 29.8 Å². The van der Waals surface area contributed by atoms with E-state index in [1.165, 1.54) is 32.1 Å². The van der Waals surface area contributed by atoms with Crippen LogP contribution in [0.3, 0.4) is 0 Å². The number of hydrogen-bond donors (Lipinski definition) is 0. The van der Waals surface area contributed by atoms with Crippen LogP contribution in [0.2, 0.25) is 0 Å². The summed E-state index contributed by atoms with van der Waals surface area (Å²) in [6.07, 6.45) is 9.20. The highest BCUT2D eigenvalue weighted by molar-refractivity contribution is 5.74. The zero-order valence-electron chi connectivity index (χ0n) is 16.6. The van der Waals surface area contributed by atoms with E-state index in [2.05, 4.69) is 6.92 Å². The molecule has 0 aromatic heterocycles. The molecule has 0 fully saturated rings. The molecule has 1 rings (SSSR count). The maximum absolute atomic E-state index is 11.8. The summed E-state index contributed by atoms with van der Waals surface area (Å²) in [6.45, 7) is 6.10. The Hall–Kier alpha value is -1.84. The zero-order chi connectivity index (χ0) is 19.2. The monoisotopic (exact) mass is 362 g/mol. The van der Waals surface area contributed by atoms with Crippen molar-refractivity contribution in [1.29, 1.82) is 0 Å². The fourth-order valence-electron chi connectivity index (χ4n) is 2.79. The fraction of sp³-hybridized carbons (Fsp3) is 0.636. The molecule has 0 spiro atoms. The van der Waals surface area contributed by atoms with Gasteiger partial charge >= 0.3 is 11.9 Å². The average Bonchev–Trinajstić information content (AvgIpc) is 2.58. The molecule has 0 aliphatic rings. The minimum absolute atomic E-state index is 0.0482. The number of esters is 2. The summed E-state index contributed by atoms with van der Waals surface area (Å²) in [5.41, 5.74) is 1.04. The molecule has 26 heavy (non-hydrogen) atoms. The number of carbonyl (C=O) groups is 2. The minimum Gasteiger partial charge on any atom is -0.463 e. The van der Waals surface area contributed by atoms with Gasteiger partial charge in [0.1, 0.15) is 5.75 Å². The number of carbonyl (C=O) groups excluding carboxylic acids is 2. The number of ether oxygens (including phenoxy) is 2. The Balaban J connectivity index is 2.09. The molecule has 4 heteroatoms. The summed E-state index contributed by atoms with van der Waals surface area (Å²) >= 11 is 0. The lowest BCUT2D eigenvalue weighted by atomic mass is 10.1. The smallest absolute Gasteiger partial charge is 0.311 e. The van der Waals surface area contributed by atoms with E-state index in [4.69, 9.17) is 9.47 Å². The van der Waals surface area contributed by atoms with Crippen molar-refractivity contribution in [1.82, 2.24) is 0 Å². The van der Waals surface area contributed by atoms with Gasteiger partial charge in [-0.2, -0.15) is 0 Å². The molecule has 1 unspecified atom stereocenters. The van der Waals surface area contributed by atoms with Gasteiger partial charge in [-0.1, -0.05) is 51.2 Å². The van der Waals surface area contributed by atoms with E-state index in [0.29, 0.717) is 12.2 Å². The molecule has 4 nitrogen and oxygen atoms in total. The van der Waals surface area contributed by atoms with E-state index in [9.17, 15) is 9.59 Å². The van der Waals surface area contributed by atoms with E-state index in [1.54, 1.807) is 6.07 Å². The Morgan fingerprint density at radius 2 is 1.65 bits per heavy atom. The molecule has 0 amide bonds. The van der Waals surface area contributed by atoms with Gasteiger partial charge < -0.3 is 9.47 Å². The van der Waals surface area contributed by atoms with E-state index < -0.39 is 0 Å². The van der Waals surface area contributed by atoms with Crippen molar-refractivity contribution in [2.75, 3.05) is 0 Å². The zero-order valence-corrected chi connectivity index (χ0v) is 16.6. The van der Waals surface area contributed by atoms with Crippen molar-refractivity contribution >= 4 is 11.9 Å². The Kier molecular flexibility index (Phi) is 11.4. The number of unbranched alkanes of at least 4 members (excludes halogenated alkanes) is 5. The Bertz CT molecular complexity index is 539. The van der Waals surface area contributed by atoms with Gasteiger partial charge in [-0.05, 0) is 50.8 Å². The predicted octanol–water partition coefficient (Wildman–Crippen LogP) is 5.75. The second-order valence-corrected chi connectivity index (χ2v) is 7.00. The van der Waals surface area contributed by atoms with Crippen molar-refractivity contribution < 1.29 is 19.1 Å². The molecule has 0 saturated heterocycles. The SMILES string of the molecule is CCCCCCCCC(C)OC(=O)CCCC(=O)Oc1cccc(C)c1. The number of rotatable bonds is 13. The van der Waals surface area contributed by atoms with Crippen LogP contribution >= 0.6 is 0 Å². The highest BCUT2D eigenvalue weighted by Crippen LogP contribution is 2.14. The van der Waals surface area contributed by atoms with Crippen LogP contribution in [0, 0.1) is 6.92 Å². The molecule has 0 aliphatic heterocycles. The lowest BCUT2D eigenvalue weighted by Crippen LogP contribution is -2.15. The van der Waals surface area contributed by atoms with Gasteiger partial charge in [0.15, 0.2) is 0 Å². The Labute approximate surface area is 158 Å². The second kappa shape index (κ2) is 13.4. The molecule has 0 heterocycles. The van der Waals surface area contributed by atoms with E-state index in [-0.39, 0.29) is 30.9 Å².